The quantitative estimate of drug-likeness (QED) is 0.768. The number of hydrogen-bond donors (Lipinski definition) is 3. The van der Waals surface area contributed by atoms with Crippen molar-refractivity contribution >= 4 is 38.6 Å². The van der Waals surface area contributed by atoms with E-state index in [0.29, 0.717) is 5.56 Å². The summed E-state index contributed by atoms with van der Waals surface area (Å²) < 4.78 is 0.887. The lowest BCUT2D eigenvalue weighted by atomic mass is 9.85. The van der Waals surface area contributed by atoms with Crippen molar-refractivity contribution in [3.05, 3.63) is 34.4 Å². The van der Waals surface area contributed by atoms with Crippen LogP contribution in [-0.4, -0.2) is 29.9 Å². The van der Waals surface area contributed by atoms with E-state index in [0.717, 1.165) is 41.1 Å². The highest BCUT2D eigenvalue weighted by Crippen LogP contribution is 2.26. The van der Waals surface area contributed by atoms with E-state index in [1.54, 1.807) is 7.05 Å². The van der Waals surface area contributed by atoms with E-state index in [1.165, 1.54) is 0 Å². The summed E-state index contributed by atoms with van der Waals surface area (Å²) in [6.07, 6.45) is 5.15. The molecule has 1 aliphatic carbocycles. The number of aromatic amines is 1. The van der Waals surface area contributed by atoms with Crippen molar-refractivity contribution in [1.29, 1.82) is 0 Å². The molecule has 6 heteroatoms. The van der Waals surface area contributed by atoms with Crippen molar-refractivity contribution in [2.45, 2.75) is 31.7 Å². The van der Waals surface area contributed by atoms with Crippen LogP contribution in [0.15, 0.2) is 28.9 Å². The second-order valence-electron chi connectivity index (χ2n) is 6.03. The second-order valence-corrected chi connectivity index (χ2v) is 6.95. The Morgan fingerprint density at radius 3 is 2.65 bits per heavy atom. The lowest BCUT2D eigenvalue weighted by molar-refractivity contribution is -0.125. The van der Waals surface area contributed by atoms with E-state index in [1.807, 2.05) is 24.4 Å². The summed E-state index contributed by atoms with van der Waals surface area (Å²) in [5, 5.41) is 6.82. The lowest BCUT2D eigenvalue weighted by Gasteiger charge is -2.28. The van der Waals surface area contributed by atoms with Crippen LogP contribution in [0.3, 0.4) is 0 Å². The molecule has 0 saturated heterocycles. The normalized spacial score (nSPS) is 21.1. The molecule has 5 nitrogen and oxygen atoms in total. The fourth-order valence-corrected chi connectivity index (χ4v) is 3.76. The molecule has 0 spiro atoms. The summed E-state index contributed by atoms with van der Waals surface area (Å²) >= 11 is 3.45. The van der Waals surface area contributed by atoms with Gasteiger partial charge in [0.1, 0.15) is 0 Å². The van der Waals surface area contributed by atoms with Gasteiger partial charge in [-0.05, 0) is 43.9 Å². The Bertz CT molecular complexity index is 733. The first kappa shape index (κ1) is 16.1. The number of carbonyl (C=O) groups is 2. The monoisotopic (exact) mass is 377 g/mol. The molecule has 0 bridgehead atoms. The maximum absolute atomic E-state index is 12.6. The topological polar surface area (TPSA) is 74.0 Å². The third-order valence-corrected chi connectivity index (χ3v) is 5.01. The summed E-state index contributed by atoms with van der Waals surface area (Å²) in [5.74, 6) is 0.117. The van der Waals surface area contributed by atoms with E-state index >= 15 is 0 Å². The molecule has 122 valence electrons. The number of fused-ring (bicyclic) bond motifs is 1. The molecular formula is C17H20BrN3O2. The molecule has 1 aliphatic rings. The third kappa shape index (κ3) is 3.42. The zero-order valence-corrected chi connectivity index (χ0v) is 14.6. The Kier molecular flexibility index (Phi) is 4.71. The Balaban J connectivity index is 1.68. The van der Waals surface area contributed by atoms with Crippen LogP contribution >= 0.6 is 15.9 Å². The smallest absolute Gasteiger partial charge is 0.253 e. The fraction of sp³-hybridized carbons (Fsp3) is 0.412. The number of rotatable bonds is 3. The van der Waals surface area contributed by atoms with Gasteiger partial charge in [-0.2, -0.15) is 0 Å². The van der Waals surface area contributed by atoms with Crippen molar-refractivity contribution in [2.75, 3.05) is 7.05 Å². The molecule has 0 atom stereocenters. The number of nitrogens with one attached hydrogen (secondary N) is 3. The van der Waals surface area contributed by atoms with Crippen LogP contribution in [0.25, 0.3) is 10.9 Å². The molecule has 3 N–H and O–H groups in total. The van der Waals surface area contributed by atoms with Gasteiger partial charge in [-0.25, -0.2) is 0 Å². The van der Waals surface area contributed by atoms with E-state index in [2.05, 4.69) is 31.5 Å². The summed E-state index contributed by atoms with van der Waals surface area (Å²) in [4.78, 5) is 27.4. The minimum Gasteiger partial charge on any atom is -0.361 e. The predicted octanol–water partition coefficient (Wildman–Crippen LogP) is 2.97. The van der Waals surface area contributed by atoms with E-state index in [9.17, 15) is 9.59 Å². The van der Waals surface area contributed by atoms with Gasteiger partial charge in [-0.15, -0.1) is 0 Å². The van der Waals surface area contributed by atoms with Crippen molar-refractivity contribution < 1.29 is 9.59 Å². The van der Waals surface area contributed by atoms with Crippen LogP contribution in [0.5, 0.6) is 0 Å². The number of benzene rings is 1. The average molecular weight is 378 g/mol. The van der Waals surface area contributed by atoms with Crippen LogP contribution in [0.2, 0.25) is 0 Å². The van der Waals surface area contributed by atoms with Crippen molar-refractivity contribution in [1.82, 2.24) is 15.6 Å². The van der Waals surface area contributed by atoms with Gasteiger partial charge in [-0.1, -0.05) is 15.9 Å². The Hall–Kier alpha value is -1.82. The molecule has 0 unspecified atom stereocenters. The van der Waals surface area contributed by atoms with Crippen LogP contribution in [0.4, 0.5) is 0 Å². The second kappa shape index (κ2) is 6.74. The number of aromatic nitrogens is 1. The molecule has 1 aromatic heterocycles. The molecule has 23 heavy (non-hydrogen) atoms. The Labute approximate surface area is 143 Å². The van der Waals surface area contributed by atoms with Crippen LogP contribution in [-0.2, 0) is 4.79 Å². The number of hydrogen-bond acceptors (Lipinski definition) is 2. The number of halogens is 1. The van der Waals surface area contributed by atoms with E-state index in [-0.39, 0.29) is 23.8 Å². The van der Waals surface area contributed by atoms with Crippen molar-refractivity contribution in [2.24, 2.45) is 5.92 Å². The fourth-order valence-electron chi connectivity index (χ4n) is 3.28. The lowest BCUT2D eigenvalue weighted by Crippen LogP contribution is -2.40. The first-order valence-corrected chi connectivity index (χ1v) is 8.67. The van der Waals surface area contributed by atoms with Gasteiger partial charge < -0.3 is 15.6 Å². The summed E-state index contributed by atoms with van der Waals surface area (Å²) in [7, 11) is 1.67. The highest BCUT2D eigenvalue weighted by Gasteiger charge is 2.27. The molecule has 2 aromatic rings. The minimum atomic E-state index is -0.0675. The first-order chi connectivity index (χ1) is 11.1. The van der Waals surface area contributed by atoms with Gasteiger partial charge in [0.05, 0.1) is 11.1 Å². The zero-order chi connectivity index (χ0) is 16.4. The largest absolute Gasteiger partial charge is 0.361 e. The zero-order valence-electron chi connectivity index (χ0n) is 13.0. The average Bonchev–Trinajstić information content (AvgIpc) is 3.02. The maximum atomic E-state index is 12.6. The Morgan fingerprint density at radius 1 is 1.22 bits per heavy atom. The van der Waals surface area contributed by atoms with Gasteiger partial charge in [0.2, 0.25) is 5.91 Å². The molecule has 0 radical (unpaired) electrons. The molecule has 1 aromatic carbocycles. The van der Waals surface area contributed by atoms with Gasteiger partial charge >= 0.3 is 0 Å². The summed E-state index contributed by atoms with van der Waals surface area (Å²) in [6.45, 7) is 0. The first-order valence-electron chi connectivity index (χ1n) is 7.87. The van der Waals surface area contributed by atoms with Crippen molar-refractivity contribution in [3.63, 3.8) is 0 Å². The summed E-state index contributed by atoms with van der Waals surface area (Å²) in [6, 6.07) is 5.90. The maximum Gasteiger partial charge on any atom is 0.253 e. The highest BCUT2D eigenvalue weighted by atomic mass is 79.9. The molecule has 1 heterocycles. The SMILES string of the molecule is CNC(=O)C1CCC(NC(=O)c2cc(Br)cc3cc[nH]c23)CC1. The molecule has 1 fully saturated rings. The van der Waals surface area contributed by atoms with E-state index < -0.39 is 0 Å². The number of amides is 2. The number of carbonyl (C=O) groups excluding carboxylic acids is 2. The molecule has 1 saturated carbocycles. The van der Waals surface area contributed by atoms with Crippen LogP contribution in [0.1, 0.15) is 36.0 Å². The van der Waals surface area contributed by atoms with Gasteiger partial charge in [0, 0.05) is 35.1 Å². The predicted molar refractivity (Wildman–Crippen MR) is 93.3 cm³/mol. The van der Waals surface area contributed by atoms with Crippen molar-refractivity contribution in [3.8, 4) is 0 Å². The minimum absolute atomic E-state index is 0.0675. The van der Waals surface area contributed by atoms with Gasteiger partial charge in [0.15, 0.2) is 0 Å². The van der Waals surface area contributed by atoms with Gasteiger partial charge in [0.25, 0.3) is 5.91 Å². The summed E-state index contributed by atoms with van der Waals surface area (Å²) in [5.41, 5.74) is 1.50. The van der Waals surface area contributed by atoms with Gasteiger partial charge in [-0.3, -0.25) is 9.59 Å². The highest BCUT2D eigenvalue weighted by molar-refractivity contribution is 9.10. The van der Waals surface area contributed by atoms with Crippen LogP contribution < -0.4 is 10.6 Å². The molecule has 2 amide bonds. The Morgan fingerprint density at radius 2 is 1.96 bits per heavy atom. The number of H-pyrrole nitrogens is 1. The standard InChI is InChI=1S/C17H20BrN3O2/c1-19-16(22)10-2-4-13(5-3-10)21-17(23)14-9-12(18)8-11-6-7-20-15(11)14/h6-10,13,20H,2-5H2,1H3,(H,19,22)(H,21,23). The van der Waals surface area contributed by atoms with E-state index in [4.69, 9.17) is 0 Å². The van der Waals surface area contributed by atoms with Crippen LogP contribution in [0, 0.1) is 5.92 Å². The molecule has 3 rings (SSSR count). The molecular weight excluding hydrogens is 358 g/mol. The third-order valence-electron chi connectivity index (χ3n) is 4.55. The molecule has 0 aliphatic heterocycles.